The molecule has 9 aromatic carbocycles. The van der Waals surface area contributed by atoms with Crippen LogP contribution in [0.3, 0.4) is 0 Å². The van der Waals surface area contributed by atoms with Gasteiger partial charge in [-0.1, -0.05) is 103 Å². The lowest BCUT2D eigenvalue weighted by atomic mass is 9.85. The van der Waals surface area contributed by atoms with Gasteiger partial charge in [-0.2, -0.15) is 0 Å². The van der Waals surface area contributed by atoms with Crippen molar-refractivity contribution in [3.05, 3.63) is 158 Å². The van der Waals surface area contributed by atoms with Crippen molar-refractivity contribution in [2.45, 2.75) is 0 Å². The van der Waals surface area contributed by atoms with Crippen molar-refractivity contribution in [3.8, 4) is 22.3 Å². The second-order valence-corrected chi connectivity index (χ2v) is 13.6. The highest BCUT2D eigenvalue weighted by Gasteiger charge is 2.20. The van der Waals surface area contributed by atoms with E-state index in [2.05, 4.69) is 133 Å². The van der Waals surface area contributed by atoms with E-state index in [9.17, 15) is 0 Å². The Morgan fingerprint density at radius 3 is 1.31 bits per heavy atom. The molecule has 3 heteroatoms. The third-order valence-electron chi connectivity index (χ3n) is 10.8. The van der Waals surface area contributed by atoms with E-state index in [1.165, 1.54) is 38.2 Å². The van der Waals surface area contributed by atoms with Gasteiger partial charge in [-0.15, -0.1) is 0 Å². The second kappa shape index (κ2) is 9.87. The van der Waals surface area contributed by atoms with E-state index >= 15 is 0 Å². The van der Waals surface area contributed by atoms with Gasteiger partial charge >= 0.3 is 0 Å². The summed E-state index contributed by atoms with van der Waals surface area (Å²) in [6.45, 7) is 0. The molecule has 12 rings (SSSR count). The lowest BCUT2D eigenvalue weighted by Gasteiger charge is -2.18. The largest absolute Gasteiger partial charge is 0.456 e. The summed E-state index contributed by atoms with van der Waals surface area (Å²) in [6.07, 6.45) is 0. The van der Waals surface area contributed by atoms with E-state index in [1.807, 2.05) is 24.3 Å². The van der Waals surface area contributed by atoms with Gasteiger partial charge < -0.3 is 13.3 Å². The van der Waals surface area contributed by atoms with Crippen LogP contribution in [-0.2, 0) is 0 Å². The molecule has 0 radical (unpaired) electrons. The Balaban J connectivity index is 1.11. The van der Waals surface area contributed by atoms with Crippen LogP contribution < -0.4 is 0 Å². The van der Waals surface area contributed by atoms with Crippen LogP contribution in [-0.4, -0.2) is 0 Å². The summed E-state index contributed by atoms with van der Waals surface area (Å²) in [5.41, 5.74) is 10.2. The van der Waals surface area contributed by atoms with Crippen molar-refractivity contribution < 1.29 is 13.3 Å². The van der Waals surface area contributed by atoms with Crippen LogP contribution in [0, 0.1) is 0 Å². The summed E-state index contributed by atoms with van der Waals surface area (Å²) in [5.74, 6) is 0. The van der Waals surface area contributed by atoms with Crippen LogP contribution in [0.4, 0.5) is 0 Å². The molecule has 3 nitrogen and oxygen atoms in total. The highest BCUT2D eigenvalue weighted by molar-refractivity contribution is 6.25. The fourth-order valence-electron chi connectivity index (χ4n) is 8.61. The summed E-state index contributed by atoms with van der Waals surface area (Å²) in [6, 6.07) is 56.1. The van der Waals surface area contributed by atoms with E-state index in [4.69, 9.17) is 13.3 Å². The van der Waals surface area contributed by atoms with E-state index in [0.29, 0.717) is 0 Å². The van der Waals surface area contributed by atoms with Crippen LogP contribution in [0.25, 0.3) is 120 Å². The summed E-state index contributed by atoms with van der Waals surface area (Å²) >= 11 is 0. The molecular formula is C48H26O3. The molecule has 0 saturated heterocycles. The van der Waals surface area contributed by atoms with Gasteiger partial charge in [-0.3, -0.25) is 0 Å². The number of furan rings is 3. The standard InChI is InChI=1S/C48H26O3/c1-3-12-33-31(10-1)46(28-18-20-42-37(24-28)30-9-5-7-15-40(30)49-42)32-11-2-4-13-34(32)47(33)29-19-21-43-38(25-29)39-23-27-17-22-44-48(36(27)26-45(39)51-43)35-14-6-8-16-41(35)50-44/h1-26H. The Kier molecular flexibility index (Phi) is 5.23. The maximum absolute atomic E-state index is 6.56. The van der Waals surface area contributed by atoms with Crippen molar-refractivity contribution in [3.63, 3.8) is 0 Å². The zero-order valence-electron chi connectivity index (χ0n) is 27.2. The molecule has 0 bridgehead atoms. The van der Waals surface area contributed by atoms with Crippen LogP contribution in [0.1, 0.15) is 0 Å². The molecular weight excluding hydrogens is 625 g/mol. The molecule has 0 N–H and O–H groups in total. The van der Waals surface area contributed by atoms with E-state index in [0.717, 1.165) is 82.2 Å². The summed E-state index contributed by atoms with van der Waals surface area (Å²) < 4.78 is 19.0. The van der Waals surface area contributed by atoms with Gasteiger partial charge in [0.05, 0.1) is 0 Å². The van der Waals surface area contributed by atoms with Crippen LogP contribution in [0.2, 0.25) is 0 Å². The molecule has 0 amide bonds. The SMILES string of the molecule is c1ccc2c(c1)oc1ccc(-c3c4ccccc4c(-c4ccc5oc6cc7c(ccc8oc9ccccc9c87)cc6c5c4)c4ccccc34)cc12. The molecule has 0 aliphatic carbocycles. The maximum Gasteiger partial charge on any atom is 0.136 e. The van der Waals surface area contributed by atoms with Gasteiger partial charge in [-0.05, 0) is 109 Å². The summed E-state index contributed by atoms with van der Waals surface area (Å²) in [7, 11) is 0. The van der Waals surface area contributed by atoms with Crippen LogP contribution in [0.15, 0.2) is 171 Å². The Bertz CT molecular complexity index is 3370. The minimum absolute atomic E-state index is 0.875. The second-order valence-electron chi connectivity index (χ2n) is 13.6. The number of hydrogen-bond acceptors (Lipinski definition) is 3. The number of rotatable bonds is 2. The molecule has 0 saturated carbocycles. The average Bonchev–Trinajstić information content (AvgIpc) is 3.86. The number of fused-ring (bicyclic) bond motifs is 13. The number of hydrogen-bond donors (Lipinski definition) is 0. The Labute approximate surface area is 290 Å². The minimum Gasteiger partial charge on any atom is -0.456 e. The molecule has 0 fully saturated rings. The topological polar surface area (TPSA) is 39.4 Å². The zero-order chi connectivity index (χ0) is 33.2. The number of para-hydroxylation sites is 2. The third kappa shape index (κ3) is 3.72. The monoisotopic (exact) mass is 650 g/mol. The normalized spacial score (nSPS) is 12.3. The Morgan fingerprint density at radius 1 is 0.255 bits per heavy atom. The average molecular weight is 651 g/mol. The highest BCUT2D eigenvalue weighted by atomic mass is 16.3. The van der Waals surface area contributed by atoms with Gasteiger partial charge in [0.1, 0.15) is 33.5 Å². The predicted molar refractivity (Wildman–Crippen MR) is 212 cm³/mol. The molecule has 0 spiro atoms. The molecule has 51 heavy (non-hydrogen) atoms. The van der Waals surface area contributed by atoms with Gasteiger partial charge in [0, 0.05) is 32.3 Å². The Morgan fingerprint density at radius 2 is 0.686 bits per heavy atom. The molecule has 3 aromatic heterocycles. The fraction of sp³-hybridized carbons (Fsp3) is 0. The molecule has 236 valence electrons. The van der Waals surface area contributed by atoms with Crippen LogP contribution >= 0.6 is 0 Å². The summed E-state index contributed by atoms with van der Waals surface area (Å²) in [5, 5.41) is 13.9. The molecule has 12 aromatic rings. The maximum atomic E-state index is 6.56. The molecule has 0 aliphatic heterocycles. The molecule has 0 atom stereocenters. The van der Waals surface area contributed by atoms with Gasteiger partial charge in [0.2, 0.25) is 0 Å². The molecule has 3 heterocycles. The third-order valence-corrected chi connectivity index (χ3v) is 10.8. The van der Waals surface area contributed by atoms with Crippen molar-refractivity contribution >= 4 is 98.1 Å². The van der Waals surface area contributed by atoms with Crippen LogP contribution in [0.5, 0.6) is 0 Å². The molecule has 0 aliphatic rings. The lowest BCUT2D eigenvalue weighted by Crippen LogP contribution is -1.90. The smallest absolute Gasteiger partial charge is 0.136 e. The van der Waals surface area contributed by atoms with Gasteiger partial charge in [-0.25, -0.2) is 0 Å². The first-order valence-electron chi connectivity index (χ1n) is 17.3. The van der Waals surface area contributed by atoms with Gasteiger partial charge in [0.15, 0.2) is 0 Å². The lowest BCUT2D eigenvalue weighted by molar-refractivity contribution is 0.668. The quantitative estimate of drug-likeness (QED) is 0.175. The minimum atomic E-state index is 0.875. The zero-order valence-corrected chi connectivity index (χ0v) is 27.2. The van der Waals surface area contributed by atoms with E-state index in [-0.39, 0.29) is 0 Å². The van der Waals surface area contributed by atoms with Gasteiger partial charge in [0.25, 0.3) is 0 Å². The first kappa shape index (κ1) is 27.0. The van der Waals surface area contributed by atoms with Crippen molar-refractivity contribution in [2.24, 2.45) is 0 Å². The van der Waals surface area contributed by atoms with E-state index < -0.39 is 0 Å². The predicted octanol–water partition coefficient (Wildman–Crippen LogP) is 14.2. The summed E-state index contributed by atoms with van der Waals surface area (Å²) in [4.78, 5) is 0. The van der Waals surface area contributed by atoms with Crippen molar-refractivity contribution in [2.75, 3.05) is 0 Å². The number of benzene rings is 9. The van der Waals surface area contributed by atoms with E-state index in [1.54, 1.807) is 0 Å². The van der Waals surface area contributed by atoms with Crippen molar-refractivity contribution in [1.82, 2.24) is 0 Å². The fourth-order valence-corrected chi connectivity index (χ4v) is 8.61. The first-order valence-corrected chi connectivity index (χ1v) is 17.3. The molecule has 0 unspecified atom stereocenters. The first-order chi connectivity index (χ1) is 25.3. The highest BCUT2D eigenvalue weighted by Crippen LogP contribution is 2.46. The van der Waals surface area contributed by atoms with Crippen molar-refractivity contribution in [1.29, 1.82) is 0 Å². The Hall–Kier alpha value is -6.84.